The summed E-state index contributed by atoms with van der Waals surface area (Å²) in [5, 5.41) is 0.548. The lowest BCUT2D eigenvalue weighted by atomic mass is 9.81. The molecule has 1 aromatic rings. The normalized spacial score (nSPS) is 20.3. The topological polar surface area (TPSA) is 71.1 Å². The van der Waals surface area contributed by atoms with Crippen molar-refractivity contribution in [3.8, 4) is 5.75 Å². The number of para-hydroxylation sites is 1. The van der Waals surface area contributed by atoms with Crippen molar-refractivity contribution in [2.24, 2.45) is 5.41 Å². The first kappa shape index (κ1) is 18.6. The van der Waals surface area contributed by atoms with E-state index in [9.17, 15) is 9.59 Å². The fraction of sp³-hybridized carbons (Fsp3) is 0.333. The van der Waals surface area contributed by atoms with E-state index in [0.29, 0.717) is 16.5 Å². The molecule has 2 aliphatic rings. The van der Waals surface area contributed by atoms with E-state index in [0.717, 1.165) is 0 Å². The van der Waals surface area contributed by atoms with Crippen molar-refractivity contribution in [3.05, 3.63) is 52.2 Å². The van der Waals surface area contributed by atoms with Gasteiger partial charge in [-0.15, -0.1) is 0 Å². The standard InChI is InChI=1S/C18H16Cl2O6/c1-11(25-14-5-3-2-4-12(14)19)26-15-6-7-18(10-13(15)20)16(21)23-8-9-24-17(18)22/h2-6,10-11H,7-9H2,1H3. The lowest BCUT2D eigenvalue weighted by molar-refractivity contribution is -0.160. The maximum absolute atomic E-state index is 12.2. The Morgan fingerprint density at radius 3 is 2.35 bits per heavy atom. The number of halogens is 2. The summed E-state index contributed by atoms with van der Waals surface area (Å²) >= 11 is 12.3. The number of esters is 2. The molecule has 138 valence electrons. The average Bonchev–Trinajstić information content (AvgIpc) is 2.73. The number of hydrogen-bond acceptors (Lipinski definition) is 6. The molecule has 0 amide bonds. The Bertz CT molecular complexity index is 768. The minimum absolute atomic E-state index is 0.0214. The molecule has 1 aliphatic heterocycles. The number of allylic oxidation sites excluding steroid dienone is 2. The van der Waals surface area contributed by atoms with Crippen molar-refractivity contribution in [2.45, 2.75) is 19.6 Å². The third-order valence-electron chi connectivity index (χ3n) is 3.92. The number of cyclic esters (lactones) is 2. The van der Waals surface area contributed by atoms with Crippen molar-refractivity contribution < 1.29 is 28.5 Å². The predicted molar refractivity (Wildman–Crippen MR) is 93.6 cm³/mol. The van der Waals surface area contributed by atoms with Crippen LogP contribution in [-0.4, -0.2) is 31.4 Å². The van der Waals surface area contributed by atoms with Crippen LogP contribution >= 0.6 is 23.2 Å². The van der Waals surface area contributed by atoms with Crippen LogP contribution in [0.3, 0.4) is 0 Å². The minimum atomic E-state index is -1.58. The fourth-order valence-corrected chi connectivity index (χ4v) is 3.11. The summed E-state index contributed by atoms with van der Waals surface area (Å²) in [6.07, 6.45) is 2.17. The van der Waals surface area contributed by atoms with E-state index in [1.807, 2.05) is 0 Å². The Morgan fingerprint density at radius 1 is 1.08 bits per heavy atom. The molecule has 0 aromatic heterocycles. The molecule has 26 heavy (non-hydrogen) atoms. The second kappa shape index (κ2) is 7.60. The Morgan fingerprint density at radius 2 is 1.73 bits per heavy atom. The zero-order valence-electron chi connectivity index (χ0n) is 13.9. The highest BCUT2D eigenvalue weighted by atomic mass is 35.5. The zero-order valence-corrected chi connectivity index (χ0v) is 15.4. The highest BCUT2D eigenvalue weighted by molar-refractivity contribution is 6.32. The number of carbonyl (C=O) groups is 2. The van der Waals surface area contributed by atoms with Crippen LogP contribution in [0, 0.1) is 5.41 Å². The molecule has 0 bridgehead atoms. The Balaban J connectivity index is 1.72. The Hall–Kier alpha value is -2.18. The molecule has 8 heteroatoms. The van der Waals surface area contributed by atoms with Crippen molar-refractivity contribution in [1.29, 1.82) is 0 Å². The summed E-state index contributed by atoms with van der Waals surface area (Å²) in [5.41, 5.74) is -1.58. The molecule has 1 unspecified atom stereocenters. The zero-order chi connectivity index (χ0) is 18.7. The molecule has 0 N–H and O–H groups in total. The largest absolute Gasteiger partial charge is 0.461 e. The predicted octanol–water partition coefficient (Wildman–Crippen LogP) is 3.58. The monoisotopic (exact) mass is 398 g/mol. The lowest BCUT2D eigenvalue weighted by Crippen LogP contribution is -2.39. The highest BCUT2D eigenvalue weighted by Crippen LogP contribution is 2.39. The van der Waals surface area contributed by atoms with Crippen LogP contribution in [0.1, 0.15) is 13.3 Å². The minimum Gasteiger partial charge on any atom is -0.461 e. The van der Waals surface area contributed by atoms with Gasteiger partial charge in [-0.25, -0.2) is 0 Å². The van der Waals surface area contributed by atoms with Crippen molar-refractivity contribution in [1.82, 2.24) is 0 Å². The molecule has 1 aromatic carbocycles. The van der Waals surface area contributed by atoms with Gasteiger partial charge in [0.25, 0.3) is 0 Å². The van der Waals surface area contributed by atoms with E-state index >= 15 is 0 Å². The van der Waals surface area contributed by atoms with E-state index in [1.165, 1.54) is 6.08 Å². The lowest BCUT2D eigenvalue weighted by Gasteiger charge is -2.27. The second-order valence-corrected chi connectivity index (χ2v) is 6.56. The van der Waals surface area contributed by atoms with Crippen molar-refractivity contribution >= 4 is 35.1 Å². The molecule has 1 fully saturated rings. The van der Waals surface area contributed by atoms with Gasteiger partial charge in [0.1, 0.15) is 24.7 Å². The summed E-state index contributed by atoms with van der Waals surface area (Å²) in [6, 6.07) is 6.98. The number of benzene rings is 1. The fourth-order valence-electron chi connectivity index (χ4n) is 2.62. The molecule has 6 nitrogen and oxygen atoms in total. The summed E-state index contributed by atoms with van der Waals surface area (Å²) < 4.78 is 21.4. The molecular weight excluding hydrogens is 383 g/mol. The van der Waals surface area contributed by atoms with E-state index in [4.69, 9.17) is 42.1 Å². The molecule has 1 heterocycles. The van der Waals surface area contributed by atoms with Crippen LogP contribution in [0.4, 0.5) is 0 Å². The van der Waals surface area contributed by atoms with Gasteiger partial charge < -0.3 is 18.9 Å². The van der Waals surface area contributed by atoms with Crippen LogP contribution < -0.4 is 4.74 Å². The van der Waals surface area contributed by atoms with Crippen LogP contribution in [-0.2, 0) is 23.8 Å². The molecule has 0 saturated carbocycles. The maximum atomic E-state index is 12.2. The number of ether oxygens (including phenoxy) is 4. The van der Waals surface area contributed by atoms with E-state index in [2.05, 4.69) is 0 Å². The Kier molecular flexibility index (Phi) is 5.44. The summed E-state index contributed by atoms with van der Waals surface area (Å²) in [5.74, 6) is -0.616. The van der Waals surface area contributed by atoms with Crippen LogP contribution in [0.25, 0.3) is 0 Å². The van der Waals surface area contributed by atoms with Gasteiger partial charge in [-0.3, -0.25) is 9.59 Å². The summed E-state index contributed by atoms with van der Waals surface area (Å²) in [6.45, 7) is 1.72. The van der Waals surface area contributed by atoms with E-state index in [1.54, 1.807) is 37.3 Å². The van der Waals surface area contributed by atoms with E-state index in [-0.39, 0.29) is 24.7 Å². The highest BCUT2D eigenvalue weighted by Gasteiger charge is 2.50. The molecule has 1 saturated heterocycles. The first-order valence-corrected chi connectivity index (χ1v) is 8.69. The van der Waals surface area contributed by atoms with Crippen molar-refractivity contribution in [2.75, 3.05) is 13.2 Å². The van der Waals surface area contributed by atoms with Gasteiger partial charge >= 0.3 is 11.9 Å². The van der Waals surface area contributed by atoms with Crippen LogP contribution in [0.5, 0.6) is 5.75 Å². The van der Waals surface area contributed by atoms with Gasteiger partial charge in [0, 0.05) is 6.92 Å². The SMILES string of the molecule is CC(OC1=CCC2(C=C1Cl)C(=O)OCCOC2=O)Oc1ccccc1Cl. The number of carbonyl (C=O) groups excluding carboxylic acids is 2. The van der Waals surface area contributed by atoms with Crippen LogP contribution in [0.2, 0.25) is 5.02 Å². The number of hydrogen-bond donors (Lipinski definition) is 0. The van der Waals surface area contributed by atoms with Gasteiger partial charge in [0.15, 0.2) is 5.41 Å². The summed E-state index contributed by atoms with van der Waals surface area (Å²) in [7, 11) is 0. The van der Waals surface area contributed by atoms with Crippen LogP contribution in [0.15, 0.2) is 47.2 Å². The molecule has 1 atom stereocenters. The van der Waals surface area contributed by atoms with Gasteiger partial charge in [-0.1, -0.05) is 35.3 Å². The quantitative estimate of drug-likeness (QED) is 0.438. The molecule has 3 rings (SSSR count). The first-order chi connectivity index (χ1) is 12.4. The molecular formula is C18H16Cl2O6. The second-order valence-electron chi connectivity index (χ2n) is 5.74. The number of rotatable bonds is 4. The third kappa shape index (κ3) is 3.66. The first-order valence-electron chi connectivity index (χ1n) is 7.93. The van der Waals surface area contributed by atoms with Gasteiger partial charge in [0.05, 0.1) is 10.1 Å². The van der Waals surface area contributed by atoms with Gasteiger partial charge in [0.2, 0.25) is 6.29 Å². The van der Waals surface area contributed by atoms with Crippen molar-refractivity contribution in [3.63, 3.8) is 0 Å². The molecule has 1 spiro atoms. The maximum Gasteiger partial charge on any atom is 0.327 e. The Labute approximate surface area is 160 Å². The van der Waals surface area contributed by atoms with Gasteiger partial charge in [-0.2, -0.15) is 0 Å². The summed E-state index contributed by atoms with van der Waals surface area (Å²) in [4.78, 5) is 24.4. The third-order valence-corrected chi connectivity index (χ3v) is 4.53. The molecule has 1 aliphatic carbocycles. The average molecular weight is 399 g/mol. The van der Waals surface area contributed by atoms with Gasteiger partial charge in [-0.05, 0) is 30.7 Å². The smallest absolute Gasteiger partial charge is 0.327 e. The molecule has 0 radical (unpaired) electrons. The van der Waals surface area contributed by atoms with E-state index < -0.39 is 23.6 Å².